The minimum absolute atomic E-state index is 0.0535. The normalized spacial score (nSPS) is 17.6. The molecule has 22 heavy (non-hydrogen) atoms. The van der Waals surface area contributed by atoms with Crippen molar-refractivity contribution in [3.05, 3.63) is 46.2 Å². The van der Waals surface area contributed by atoms with Crippen LogP contribution in [-0.4, -0.2) is 33.2 Å². The molecule has 2 aromatic rings. The molecule has 1 aliphatic heterocycles. The zero-order chi connectivity index (χ0) is 15.5. The van der Waals surface area contributed by atoms with Gasteiger partial charge in [0.2, 0.25) is 5.91 Å². The third kappa shape index (κ3) is 2.99. The molecule has 114 valence electrons. The Hall–Kier alpha value is -2.28. The highest BCUT2D eigenvalue weighted by Gasteiger charge is 2.32. The maximum Gasteiger partial charge on any atom is 0.260 e. The van der Waals surface area contributed by atoms with Gasteiger partial charge in [0, 0.05) is 18.9 Å². The zero-order valence-corrected chi connectivity index (χ0v) is 12.8. The number of nitrogens with zero attached hydrogens (tertiary/aromatic N) is 3. The van der Waals surface area contributed by atoms with Crippen LogP contribution in [0.2, 0.25) is 0 Å². The Morgan fingerprint density at radius 2 is 2.27 bits per heavy atom. The largest absolute Gasteiger partial charge is 0.365 e. The smallest absolute Gasteiger partial charge is 0.260 e. The SMILES string of the molecule is NC(=O)c1cnc([C@@H]2CCCN2C(=O)Cc2cccnc2)s1. The van der Waals surface area contributed by atoms with Crippen molar-refractivity contribution in [2.45, 2.75) is 25.3 Å². The van der Waals surface area contributed by atoms with Gasteiger partial charge in [-0.3, -0.25) is 14.6 Å². The van der Waals surface area contributed by atoms with E-state index in [9.17, 15) is 9.59 Å². The van der Waals surface area contributed by atoms with Gasteiger partial charge in [-0.15, -0.1) is 11.3 Å². The van der Waals surface area contributed by atoms with E-state index in [1.807, 2.05) is 17.0 Å². The predicted octanol–water partition coefficient (Wildman–Crippen LogP) is 1.54. The number of rotatable bonds is 4. The van der Waals surface area contributed by atoms with Crippen LogP contribution >= 0.6 is 11.3 Å². The molecule has 1 saturated heterocycles. The first-order valence-corrected chi connectivity index (χ1v) is 7.90. The Morgan fingerprint density at radius 1 is 1.41 bits per heavy atom. The van der Waals surface area contributed by atoms with Crippen molar-refractivity contribution in [3.8, 4) is 0 Å². The Morgan fingerprint density at radius 3 is 2.95 bits per heavy atom. The standard InChI is InChI=1S/C15H16N4O2S/c16-14(21)12-9-18-15(22-12)11-4-2-6-19(11)13(20)7-10-3-1-5-17-8-10/h1,3,5,8-9,11H,2,4,6-7H2,(H2,16,21)/t11-/m0/s1. The van der Waals surface area contributed by atoms with Crippen LogP contribution in [0.3, 0.4) is 0 Å². The van der Waals surface area contributed by atoms with Gasteiger partial charge in [-0.2, -0.15) is 0 Å². The predicted molar refractivity (Wildman–Crippen MR) is 82.3 cm³/mol. The second-order valence-corrected chi connectivity index (χ2v) is 6.27. The minimum Gasteiger partial charge on any atom is -0.365 e. The van der Waals surface area contributed by atoms with Crippen molar-refractivity contribution >= 4 is 23.2 Å². The van der Waals surface area contributed by atoms with Crippen molar-refractivity contribution in [2.24, 2.45) is 5.73 Å². The third-order valence-electron chi connectivity index (χ3n) is 3.70. The summed E-state index contributed by atoms with van der Waals surface area (Å²) >= 11 is 1.27. The molecule has 1 aliphatic rings. The minimum atomic E-state index is -0.477. The molecule has 0 bridgehead atoms. The summed E-state index contributed by atoms with van der Waals surface area (Å²) < 4.78 is 0. The van der Waals surface area contributed by atoms with E-state index in [0.29, 0.717) is 11.3 Å². The summed E-state index contributed by atoms with van der Waals surface area (Å²) in [5.41, 5.74) is 6.16. The number of nitrogens with two attached hydrogens (primary N) is 1. The van der Waals surface area contributed by atoms with E-state index >= 15 is 0 Å². The molecule has 1 fully saturated rings. The van der Waals surface area contributed by atoms with Crippen LogP contribution in [0.1, 0.15) is 39.1 Å². The number of carbonyl (C=O) groups excluding carboxylic acids is 2. The molecule has 3 rings (SSSR count). The highest BCUT2D eigenvalue weighted by molar-refractivity contribution is 7.13. The Kier molecular flexibility index (Phi) is 4.15. The molecular weight excluding hydrogens is 300 g/mol. The number of thiazole rings is 1. The Balaban J connectivity index is 1.74. The van der Waals surface area contributed by atoms with Crippen LogP contribution in [0.25, 0.3) is 0 Å². The number of pyridine rings is 1. The first-order chi connectivity index (χ1) is 10.6. The molecule has 0 aliphatic carbocycles. The quantitative estimate of drug-likeness (QED) is 0.926. The number of hydrogen-bond acceptors (Lipinski definition) is 5. The summed E-state index contributed by atoms with van der Waals surface area (Å²) in [6, 6.07) is 3.66. The van der Waals surface area contributed by atoms with Gasteiger partial charge in [-0.25, -0.2) is 4.98 Å². The number of aromatic nitrogens is 2. The summed E-state index contributed by atoms with van der Waals surface area (Å²) in [4.78, 5) is 34.3. The van der Waals surface area contributed by atoms with E-state index < -0.39 is 5.91 Å². The summed E-state index contributed by atoms with van der Waals surface area (Å²) in [5.74, 6) is -0.415. The number of carbonyl (C=O) groups is 2. The maximum atomic E-state index is 12.5. The molecule has 6 nitrogen and oxygen atoms in total. The summed E-state index contributed by atoms with van der Waals surface area (Å²) in [7, 11) is 0. The molecule has 3 heterocycles. The summed E-state index contributed by atoms with van der Waals surface area (Å²) in [6.45, 7) is 0.718. The molecule has 2 amide bonds. The van der Waals surface area contributed by atoms with Crippen molar-refractivity contribution in [3.63, 3.8) is 0 Å². The van der Waals surface area contributed by atoms with E-state index in [4.69, 9.17) is 5.73 Å². The fraction of sp³-hybridized carbons (Fsp3) is 0.333. The van der Waals surface area contributed by atoms with Gasteiger partial charge in [0.15, 0.2) is 0 Å². The lowest BCUT2D eigenvalue weighted by atomic mass is 10.2. The van der Waals surface area contributed by atoms with Gasteiger partial charge in [-0.1, -0.05) is 6.07 Å². The van der Waals surface area contributed by atoms with Crippen LogP contribution in [-0.2, 0) is 11.2 Å². The van der Waals surface area contributed by atoms with Gasteiger partial charge in [0.25, 0.3) is 5.91 Å². The average molecular weight is 316 g/mol. The summed E-state index contributed by atoms with van der Waals surface area (Å²) in [6.07, 6.45) is 7.02. The van der Waals surface area contributed by atoms with Gasteiger partial charge < -0.3 is 10.6 Å². The number of likely N-dealkylation sites (tertiary alicyclic amines) is 1. The van der Waals surface area contributed by atoms with Crippen molar-refractivity contribution < 1.29 is 9.59 Å². The lowest BCUT2D eigenvalue weighted by Gasteiger charge is -2.23. The molecule has 2 aromatic heterocycles. The molecule has 0 radical (unpaired) electrons. The summed E-state index contributed by atoms with van der Waals surface area (Å²) in [5, 5.41) is 0.783. The van der Waals surface area contributed by atoms with Crippen LogP contribution in [0, 0.1) is 0 Å². The lowest BCUT2D eigenvalue weighted by Crippen LogP contribution is -2.31. The molecule has 1 atom stereocenters. The van der Waals surface area contributed by atoms with E-state index in [1.54, 1.807) is 12.4 Å². The van der Waals surface area contributed by atoms with Gasteiger partial charge in [0.05, 0.1) is 18.7 Å². The van der Waals surface area contributed by atoms with Crippen molar-refractivity contribution in [2.75, 3.05) is 6.54 Å². The molecule has 7 heteroatoms. The maximum absolute atomic E-state index is 12.5. The van der Waals surface area contributed by atoms with E-state index in [0.717, 1.165) is 30.0 Å². The van der Waals surface area contributed by atoms with Gasteiger partial charge >= 0.3 is 0 Å². The fourth-order valence-corrected chi connectivity index (χ4v) is 3.57. The second kappa shape index (κ2) is 6.23. The van der Waals surface area contributed by atoms with Crippen molar-refractivity contribution in [1.82, 2.24) is 14.9 Å². The second-order valence-electron chi connectivity index (χ2n) is 5.21. The number of primary amides is 1. The van der Waals surface area contributed by atoms with Crippen LogP contribution in [0.15, 0.2) is 30.7 Å². The molecular formula is C15H16N4O2S. The van der Waals surface area contributed by atoms with Crippen LogP contribution in [0.5, 0.6) is 0 Å². The van der Waals surface area contributed by atoms with Gasteiger partial charge in [0.1, 0.15) is 9.88 Å². The molecule has 2 N–H and O–H groups in total. The van der Waals surface area contributed by atoms with Crippen LogP contribution in [0.4, 0.5) is 0 Å². The fourth-order valence-electron chi connectivity index (χ4n) is 2.66. The first-order valence-electron chi connectivity index (χ1n) is 7.09. The zero-order valence-electron chi connectivity index (χ0n) is 11.9. The van der Waals surface area contributed by atoms with E-state index in [1.165, 1.54) is 17.5 Å². The molecule has 0 unspecified atom stereocenters. The molecule has 0 aromatic carbocycles. The van der Waals surface area contributed by atoms with Crippen molar-refractivity contribution in [1.29, 1.82) is 0 Å². The third-order valence-corrected chi connectivity index (χ3v) is 4.82. The highest BCUT2D eigenvalue weighted by Crippen LogP contribution is 2.34. The molecule has 0 spiro atoms. The van der Waals surface area contributed by atoms with E-state index in [2.05, 4.69) is 9.97 Å². The topological polar surface area (TPSA) is 89.2 Å². The Bertz CT molecular complexity index is 686. The van der Waals surface area contributed by atoms with Gasteiger partial charge in [-0.05, 0) is 24.5 Å². The van der Waals surface area contributed by atoms with Crippen LogP contribution < -0.4 is 5.73 Å². The number of amides is 2. The monoisotopic (exact) mass is 316 g/mol. The first kappa shape index (κ1) is 14.6. The van der Waals surface area contributed by atoms with E-state index in [-0.39, 0.29) is 11.9 Å². The lowest BCUT2D eigenvalue weighted by molar-refractivity contribution is -0.131. The number of hydrogen-bond donors (Lipinski definition) is 1. The molecule has 0 saturated carbocycles. The Labute approximate surface area is 132 Å². The average Bonchev–Trinajstić information content (AvgIpc) is 3.17. The highest BCUT2D eigenvalue weighted by atomic mass is 32.1.